The Morgan fingerprint density at radius 3 is 2.29 bits per heavy atom. The molecule has 3 N–H and O–H groups in total. The fourth-order valence-electron chi connectivity index (χ4n) is 1.92. The zero-order chi connectivity index (χ0) is 16.3. The molecule has 0 unspecified atom stereocenters. The highest BCUT2D eigenvalue weighted by molar-refractivity contribution is 5.38. The summed E-state index contributed by atoms with van der Waals surface area (Å²) < 4.78 is 41.2. The summed E-state index contributed by atoms with van der Waals surface area (Å²) in [5, 5.41) is 10.1. The maximum absolute atomic E-state index is 12.4. The normalized spacial score (nSPS) is 14.1. The lowest BCUT2D eigenvalue weighted by atomic mass is 9.85. The van der Waals surface area contributed by atoms with E-state index in [0.717, 1.165) is 0 Å². The van der Waals surface area contributed by atoms with Crippen molar-refractivity contribution in [2.75, 3.05) is 6.54 Å². The van der Waals surface area contributed by atoms with Crippen molar-refractivity contribution in [2.24, 2.45) is 5.73 Å². The van der Waals surface area contributed by atoms with Gasteiger partial charge in [0.25, 0.3) is 0 Å². The van der Waals surface area contributed by atoms with Crippen LogP contribution in [0, 0.1) is 0 Å². The number of rotatable bonds is 5. The third-order valence-electron chi connectivity index (χ3n) is 3.09. The van der Waals surface area contributed by atoms with E-state index in [2.05, 4.69) is 4.74 Å². The first-order chi connectivity index (χ1) is 9.53. The summed E-state index contributed by atoms with van der Waals surface area (Å²) in [6.07, 6.45) is -4.62. The Kier molecular flexibility index (Phi) is 5.64. The van der Waals surface area contributed by atoms with Gasteiger partial charge in [-0.1, -0.05) is 26.8 Å². The number of hydrogen-bond acceptors (Lipinski definition) is 3. The zero-order valence-corrected chi connectivity index (χ0v) is 12.5. The molecule has 21 heavy (non-hydrogen) atoms. The Bertz CT molecular complexity index is 467. The van der Waals surface area contributed by atoms with Crippen LogP contribution in [0.4, 0.5) is 13.2 Å². The SMILES string of the molecule is CC(C)(C)c1cc(OC(F)(F)F)cc([C@H](O)CCCN)c1. The second-order valence-electron chi connectivity index (χ2n) is 6.04. The second-order valence-corrected chi connectivity index (χ2v) is 6.04. The van der Waals surface area contributed by atoms with Gasteiger partial charge in [0.2, 0.25) is 0 Å². The van der Waals surface area contributed by atoms with E-state index in [4.69, 9.17) is 5.73 Å². The zero-order valence-electron chi connectivity index (χ0n) is 12.5. The summed E-state index contributed by atoms with van der Waals surface area (Å²) in [6.45, 7) is 6.07. The predicted molar refractivity (Wildman–Crippen MR) is 75.1 cm³/mol. The fourth-order valence-corrected chi connectivity index (χ4v) is 1.92. The number of nitrogens with two attached hydrogens (primary N) is 1. The molecule has 3 nitrogen and oxygen atoms in total. The van der Waals surface area contributed by atoms with E-state index in [1.807, 2.05) is 20.8 Å². The first kappa shape index (κ1) is 17.8. The van der Waals surface area contributed by atoms with Crippen molar-refractivity contribution in [2.45, 2.75) is 51.5 Å². The monoisotopic (exact) mass is 305 g/mol. The van der Waals surface area contributed by atoms with Crippen molar-refractivity contribution in [1.29, 1.82) is 0 Å². The Hall–Kier alpha value is -1.27. The Labute approximate surface area is 122 Å². The van der Waals surface area contributed by atoms with Crippen LogP contribution in [0.3, 0.4) is 0 Å². The van der Waals surface area contributed by atoms with Crippen molar-refractivity contribution in [3.63, 3.8) is 0 Å². The summed E-state index contributed by atoms with van der Waals surface area (Å²) in [6, 6.07) is 4.29. The van der Waals surface area contributed by atoms with E-state index in [1.54, 1.807) is 6.07 Å². The number of ether oxygens (including phenoxy) is 1. The van der Waals surface area contributed by atoms with Crippen molar-refractivity contribution < 1.29 is 23.0 Å². The van der Waals surface area contributed by atoms with Gasteiger partial charge in [0.05, 0.1) is 6.10 Å². The first-order valence-electron chi connectivity index (χ1n) is 6.82. The molecule has 0 aliphatic heterocycles. The van der Waals surface area contributed by atoms with E-state index >= 15 is 0 Å². The molecule has 0 radical (unpaired) electrons. The van der Waals surface area contributed by atoms with Gasteiger partial charge >= 0.3 is 6.36 Å². The molecule has 0 saturated heterocycles. The molecule has 0 aliphatic carbocycles. The van der Waals surface area contributed by atoms with Crippen molar-refractivity contribution >= 4 is 0 Å². The van der Waals surface area contributed by atoms with E-state index in [9.17, 15) is 18.3 Å². The van der Waals surface area contributed by atoms with Crippen LogP contribution in [-0.4, -0.2) is 18.0 Å². The van der Waals surface area contributed by atoms with E-state index < -0.39 is 12.5 Å². The van der Waals surface area contributed by atoms with Crippen LogP contribution in [0.1, 0.15) is 50.8 Å². The highest BCUT2D eigenvalue weighted by Crippen LogP contribution is 2.33. The maximum Gasteiger partial charge on any atom is 0.573 e. The second kappa shape index (κ2) is 6.66. The summed E-state index contributed by atoms with van der Waals surface area (Å²) in [7, 11) is 0. The summed E-state index contributed by atoms with van der Waals surface area (Å²) in [4.78, 5) is 0. The molecular formula is C15H22F3NO2. The maximum atomic E-state index is 12.4. The molecule has 1 atom stereocenters. The van der Waals surface area contributed by atoms with Crippen LogP contribution in [-0.2, 0) is 5.41 Å². The van der Waals surface area contributed by atoms with Crippen LogP contribution in [0.25, 0.3) is 0 Å². The molecule has 0 saturated carbocycles. The van der Waals surface area contributed by atoms with Gasteiger partial charge in [-0.3, -0.25) is 0 Å². The number of benzene rings is 1. The highest BCUT2D eigenvalue weighted by atomic mass is 19.4. The number of halogens is 3. The van der Waals surface area contributed by atoms with Crippen molar-refractivity contribution in [3.8, 4) is 5.75 Å². The first-order valence-corrected chi connectivity index (χ1v) is 6.82. The average Bonchev–Trinajstić information content (AvgIpc) is 2.32. The molecule has 0 aliphatic rings. The standard InChI is InChI=1S/C15H22F3NO2/c1-14(2,3)11-7-10(13(20)5-4-6-19)8-12(9-11)21-15(16,17)18/h7-9,13,20H,4-6,19H2,1-3H3/t13-/m1/s1. The third kappa shape index (κ3) is 5.93. The summed E-state index contributed by atoms with van der Waals surface area (Å²) in [5.41, 5.74) is 6.11. The minimum atomic E-state index is -4.75. The molecule has 0 bridgehead atoms. The summed E-state index contributed by atoms with van der Waals surface area (Å²) in [5.74, 6) is -0.309. The molecule has 0 aromatic heterocycles. The van der Waals surface area contributed by atoms with Gasteiger partial charge in [-0.05, 0) is 48.1 Å². The molecule has 1 aromatic rings. The molecular weight excluding hydrogens is 283 g/mol. The van der Waals surface area contributed by atoms with Crippen LogP contribution in [0.2, 0.25) is 0 Å². The van der Waals surface area contributed by atoms with Gasteiger partial charge in [0, 0.05) is 0 Å². The van der Waals surface area contributed by atoms with Gasteiger partial charge < -0.3 is 15.6 Å². The molecule has 0 amide bonds. The van der Waals surface area contributed by atoms with Gasteiger partial charge in [0.1, 0.15) is 5.75 Å². The molecule has 0 fully saturated rings. The Balaban J connectivity index is 3.15. The van der Waals surface area contributed by atoms with Crippen LogP contribution in [0.15, 0.2) is 18.2 Å². The lowest BCUT2D eigenvalue weighted by Gasteiger charge is -2.23. The van der Waals surface area contributed by atoms with E-state index in [0.29, 0.717) is 30.5 Å². The number of aliphatic hydroxyl groups excluding tert-OH is 1. The topological polar surface area (TPSA) is 55.5 Å². The average molecular weight is 305 g/mol. The molecule has 0 heterocycles. The molecule has 6 heteroatoms. The lowest BCUT2D eigenvalue weighted by molar-refractivity contribution is -0.274. The van der Waals surface area contributed by atoms with Crippen molar-refractivity contribution in [3.05, 3.63) is 29.3 Å². The molecule has 1 rings (SSSR count). The molecule has 120 valence electrons. The number of alkyl halides is 3. The smallest absolute Gasteiger partial charge is 0.406 e. The minimum Gasteiger partial charge on any atom is -0.406 e. The van der Waals surface area contributed by atoms with Crippen LogP contribution >= 0.6 is 0 Å². The van der Waals surface area contributed by atoms with E-state index in [1.165, 1.54) is 12.1 Å². The lowest BCUT2D eigenvalue weighted by Crippen LogP contribution is -2.19. The number of hydrogen-bond donors (Lipinski definition) is 2. The molecule has 1 aromatic carbocycles. The van der Waals surface area contributed by atoms with Crippen LogP contribution in [0.5, 0.6) is 5.75 Å². The van der Waals surface area contributed by atoms with Crippen LogP contribution < -0.4 is 10.5 Å². The minimum absolute atomic E-state index is 0.309. The van der Waals surface area contributed by atoms with E-state index in [-0.39, 0.29) is 11.2 Å². The van der Waals surface area contributed by atoms with Gasteiger partial charge in [-0.2, -0.15) is 0 Å². The predicted octanol–water partition coefficient (Wildman–Crippen LogP) is 3.66. The Morgan fingerprint density at radius 2 is 1.81 bits per heavy atom. The van der Waals surface area contributed by atoms with Gasteiger partial charge in [-0.25, -0.2) is 0 Å². The van der Waals surface area contributed by atoms with Gasteiger partial charge in [0.15, 0.2) is 0 Å². The molecule has 0 spiro atoms. The quantitative estimate of drug-likeness (QED) is 0.873. The highest BCUT2D eigenvalue weighted by Gasteiger charge is 2.32. The largest absolute Gasteiger partial charge is 0.573 e. The Morgan fingerprint density at radius 1 is 1.19 bits per heavy atom. The van der Waals surface area contributed by atoms with Gasteiger partial charge in [-0.15, -0.1) is 13.2 Å². The third-order valence-corrected chi connectivity index (χ3v) is 3.09. The fraction of sp³-hybridized carbons (Fsp3) is 0.600. The summed E-state index contributed by atoms with van der Waals surface area (Å²) >= 11 is 0. The number of aliphatic hydroxyl groups is 1. The van der Waals surface area contributed by atoms with Crippen molar-refractivity contribution in [1.82, 2.24) is 0 Å².